The molecular formula is C64H56Cd2N8O18S+2. The van der Waals surface area contributed by atoms with Crippen LogP contribution in [0, 0.1) is 0 Å². The fourth-order valence-electron chi connectivity index (χ4n) is 8.93. The predicted molar refractivity (Wildman–Crippen MR) is 335 cm³/mol. The van der Waals surface area contributed by atoms with Crippen LogP contribution in [0.3, 0.4) is 0 Å². The van der Waals surface area contributed by atoms with E-state index in [-0.39, 0.29) is 98.4 Å². The van der Waals surface area contributed by atoms with Crippen molar-refractivity contribution in [3.05, 3.63) is 254 Å². The summed E-state index contributed by atoms with van der Waals surface area (Å²) in [6, 6.07) is 52.4. The Morgan fingerprint density at radius 3 is 0.570 bits per heavy atom. The van der Waals surface area contributed by atoms with E-state index in [0.29, 0.717) is 24.3 Å². The molecule has 0 bridgehead atoms. The third-order valence-corrected chi connectivity index (χ3v) is 14.6. The first kappa shape index (κ1) is 83.0. The van der Waals surface area contributed by atoms with Crippen LogP contribution in [0.4, 0.5) is 0 Å². The van der Waals surface area contributed by atoms with Gasteiger partial charge in [-0.2, -0.15) is 0 Å². The summed E-state index contributed by atoms with van der Waals surface area (Å²) in [5, 5.41) is 53.0. The number of pyridine rings is 8. The molecule has 0 fully saturated rings. The van der Waals surface area contributed by atoms with E-state index in [1.165, 1.54) is 0 Å². The van der Waals surface area contributed by atoms with Gasteiger partial charge in [0.1, 0.15) is 0 Å². The fourth-order valence-corrected chi connectivity index (χ4v) is 10.2. The molecule has 0 radical (unpaired) electrons. The monoisotopic (exact) mass is 1480 g/mol. The second-order valence-electron chi connectivity index (χ2n) is 17.9. The van der Waals surface area contributed by atoms with Gasteiger partial charge in [0, 0.05) is 115 Å². The van der Waals surface area contributed by atoms with E-state index in [9.17, 15) is 48.0 Å². The van der Waals surface area contributed by atoms with Gasteiger partial charge in [0.15, 0.2) is 0 Å². The summed E-state index contributed by atoms with van der Waals surface area (Å²) in [5.41, 5.74) is 4.23. The number of hydrogen-bond donors (Lipinski definition) is 0. The number of rotatable bonds is 6. The molecule has 0 atom stereocenters. The fraction of sp³-hybridized carbons (Fsp3) is 0. The Morgan fingerprint density at radius 1 is 0.258 bits per heavy atom. The van der Waals surface area contributed by atoms with Gasteiger partial charge >= 0.3 is 54.6 Å². The normalized spacial score (nSPS) is 9.72. The van der Waals surface area contributed by atoms with E-state index in [4.69, 9.17) is 0 Å². The van der Waals surface area contributed by atoms with Crippen LogP contribution < -0.4 is 20.4 Å². The number of carbonyl (C=O) groups is 4. The van der Waals surface area contributed by atoms with Crippen molar-refractivity contribution in [2.24, 2.45) is 0 Å². The number of hydrogen-bond acceptors (Lipinski definition) is 18. The number of aromatic carboxylic acids is 4. The molecule has 0 aliphatic heterocycles. The molecule has 468 valence electrons. The summed E-state index contributed by atoms with van der Waals surface area (Å²) in [6.45, 7) is 0. The minimum Gasteiger partial charge on any atom is -0.545 e. The molecule has 8 aromatic heterocycles. The first-order chi connectivity index (χ1) is 40.3. The van der Waals surface area contributed by atoms with Crippen molar-refractivity contribution in [1.82, 2.24) is 39.9 Å². The van der Waals surface area contributed by atoms with Gasteiger partial charge in [0.25, 0.3) is 0 Å². The molecule has 26 nitrogen and oxygen atoms in total. The van der Waals surface area contributed by atoms with Crippen LogP contribution in [0.15, 0.2) is 241 Å². The molecule has 0 aliphatic rings. The van der Waals surface area contributed by atoms with Gasteiger partial charge in [-0.05, 0) is 72.8 Å². The summed E-state index contributed by atoms with van der Waals surface area (Å²) >= 11 is 0. The van der Waals surface area contributed by atoms with Crippen LogP contribution in [0.25, 0.3) is 87.2 Å². The van der Waals surface area contributed by atoms with Gasteiger partial charge in [-0.25, -0.2) is 8.42 Å². The van der Waals surface area contributed by atoms with E-state index >= 15 is 0 Å². The molecule has 18 N–H and O–H groups in total. The van der Waals surface area contributed by atoms with E-state index in [1.807, 2.05) is 48.5 Å². The number of benzene rings is 6. The number of carbonyl (C=O) groups excluding carboxylic acids is 4. The Kier molecular flexibility index (Phi) is 33.3. The molecular weight excluding hydrogens is 1430 g/mol. The topological polar surface area (TPSA) is 553 Å². The molecule has 0 amide bonds. The van der Waals surface area contributed by atoms with Gasteiger partial charge < -0.3 is 83.4 Å². The minimum absolute atomic E-state index is 0. The second kappa shape index (κ2) is 37.3. The van der Waals surface area contributed by atoms with Gasteiger partial charge in [-0.15, -0.1) is 0 Å². The number of aromatic nitrogens is 8. The minimum atomic E-state index is -4.54. The van der Waals surface area contributed by atoms with E-state index < -0.39 is 65.8 Å². The maximum atomic E-state index is 12.6. The Labute approximate surface area is 566 Å². The van der Waals surface area contributed by atoms with Crippen molar-refractivity contribution in [3.8, 4) is 0 Å². The van der Waals surface area contributed by atoms with Crippen molar-refractivity contribution in [2.75, 3.05) is 0 Å². The van der Waals surface area contributed by atoms with Crippen LogP contribution >= 0.6 is 0 Å². The van der Waals surface area contributed by atoms with Gasteiger partial charge in [0.05, 0.1) is 77.8 Å². The van der Waals surface area contributed by atoms with Crippen molar-refractivity contribution in [2.45, 2.75) is 9.79 Å². The Balaban J connectivity index is 0.00000114. The van der Waals surface area contributed by atoms with Crippen molar-refractivity contribution >= 4 is 121 Å². The Hall–Kier alpha value is -10.0. The van der Waals surface area contributed by atoms with Crippen molar-refractivity contribution < 1.29 is 146 Å². The number of nitrogens with zero attached hydrogens (tertiary/aromatic N) is 8. The summed E-state index contributed by atoms with van der Waals surface area (Å²) in [6.07, 6.45) is 14.4. The number of carboxylic acid groups (broad SMARTS) is 4. The van der Waals surface area contributed by atoms with Crippen LogP contribution in [-0.4, -0.2) is 105 Å². The molecule has 0 saturated carbocycles. The van der Waals surface area contributed by atoms with Gasteiger partial charge in [0.2, 0.25) is 9.84 Å². The maximum absolute atomic E-state index is 12.6. The van der Waals surface area contributed by atoms with Crippen LogP contribution in [0.2, 0.25) is 0 Å². The zero-order chi connectivity index (χ0) is 58.0. The Morgan fingerprint density at radius 2 is 0.419 bits per heavy atom. The third-order valence-electron chi connectivity index (χ3n) is 12.9. The summed E-state index contributed by atoms with van der Waals surface area (Å²) in [7, 11) is -4.54. The molecule has 0 saturated heterocycles. The molecule has 14 rings (SSSR count). The third kappa shape index (κ3) is 18.6. The van der Waals surface area contributed by atoms with Crippen LogP contribution in [0.1, 0.15) is 41.4 Å². The first-order valence-electron chi connectivity index (χ1n) is 25.0. The molecule has 0 aliphatic carbocycles. The van der Waals surface area contributed by atoms with Crippen molar-refractivity contribution in [3.63, 3.8) is 0 Å². The summed E-state index contributed by atoms with van der Waals surface area (Å²) in [4.78, 5) is 77.3. The predicted octanol–water partition coefficient (Wildman–Crippen LogP) is 0.308. The molecule has 0 spiro atoms. The average Bonchev–Trinajstić information content (AvgIpc) is 0.810. The Bertz CT molecular complexity index is 4240. The van der Waals surface area contributed by atoms with Crippen molar-refractivity contribution in [1.29, 1.82) is 0 Å². The van der Waals surface area contributed by atoms with E-state index in [2.05, 4.69) is 137 Å². The molecule has 93 heavy (non-hydrogen) atoms. The molecule has 14 aromatic rings. The standard InChI is InChI=1S/C16H10O10S.4C12H8N2.2Cd.8H2O/c17-13(18)9-3-1-7(5-11(9)15(21)22)27(25,26)8-2-4-10(14(19)20)12(6-8)16(23)24;4*1-3-9-5-6-10-4-2-8-14-12(10)11(9)13-7-1;;;;;;;;;;/h1-6H,(H,17,18)(H,19,20)(H,21,22)(H,23,24);4*1-8H;;;8*1H2/q;;;;;2*+2;;;;;;;;/p-2. The number of carboxylic acids is 4. The summed E-state index contributed by atoms with van der Waals surface area (Å²) in [5.74, 6) is -7.71. The SMILES string of the molecule is O.O.O.O.O.O.O=C([O-])c1ccc(S(=O)(=O)c2ccc(C(=O)[O-])c(C(=O)[O-])c2)cc1C(=O)[O-].[Cd+2].[Cd+2].[OH3+].[OH3+].c1cnc2c(c1)ccc1cccnc12.c1cnc2c(c1)ccc1cccnc12.c1cnc2c(c1)ccc1cccnc12.c1cnc2c(c1)ccc1cccnc12. The number of fused-ring (bicyclic) bond motifs is 12. The molecule has 8 heterocycles. The molecule has 0 unspecified atom stereocenters. The average molecular weight is 1480 g/mol. The summed E-state index contributed by atoms with van der Waals surface area (Å²) < 4.78 is 25.2. The smallest absolute Gasteiger partial charge is 0.545 e. The zero-order valence-electron chi connectivity index (χ0n) is 48.6. The van der Waals surface area contributed by atoms with Gasteiger partial charge in [-0.1, -0.05) is 109 Å². The largest absolute Gasteiger partial charge is 2.00 e. The van der Waals surface area contributed by atoms with Crippen LogP contribution in [0.5, 0.6) is 0 Å². The zero-order valence-corrected chi connectivity index (χ0v) is 57.5. The van der Waals surface area contributed by atoms with Crippen LogP contribution in [-0.2, 0) is 75.4 Å². The maximum Gasteiger partial charge on any atom is 2.00 e. The van der Waals surface area contributed by atoms with Gasteiger partial charge in [-0.3, -0.25) is 39.9 Å². The van der Waals surface area contributed by atoms with E-state index in [0.717, 1.165) is 99.4 Å². The molecule has 6 aromatic carbocycles. The molecule has 29 heteroatoms. The van der Waals surface area contributed by atoms with E-state index in [1.54, 1.807) is 49.6 Å². The second-order valence-corrected chi connectivity index (χ2v) is 19.9. The number of sulfone groups is 1. The quantitative estimate of drug-likeness (QED) is 0.123. The first-order valence-corrected chi connectivity index (χ1v) is 26.5.